The summed E-state index contributed by atoms with van der Waals surface area (Å²) in [7, 11) is 0. The second kappa shape index (κ2) is 6.74. The van der Waals surface area contributed by atoms with E-state index in [0.717, 1.165) is 0 Å². The van der Waals surface area contributed by atoms with Crippen molar-refractivity contribution in [2.75, 3.05) is 24.5 Å². The van der Waals surface area contributed by atoms with E-state index in [9.17, 15) is 14.0 Å². The molecule has 0 bridgehead atoms. The predicted molar refractivity (Wildman–Crippen MR) is 68.4 cm³/mol. The molecule has 18 heavy (non-hydrogen) atoms. The summed E-state index contributed by atoms with van der Waals surface area (Å²) in [5, 5.41) is 2.69. The summed E-state index contributed by atoms with van der Waals surface area (Å²) in [6.45, 7) is 4.97. The highest BCUT2D eigenvalue weighted by Gasteiger charge is 2.13. The van der Waals surface area contributed by atoms with Crippen molar-refractivity contribution in [2.24, 2.45) is 0 Å². The molecule has 0 aliphatic carbocycles. The van der Waals surface area contributed by atoms with Crippen LogP contribution in [0, 0.1) is 5.82 Å². The van der Waals surface area contributed by atoms with Crippen molar-refractivity contribution in [1.82, 2.24) is 5.32 Å². The number of halogens is 1. The molecule has 0 aliphatic heterocycles. The third-order valence-corrected chi connectivity index (χ3v) is 2.55. The molecule has 0 radical (unpaired) electrons. The number of aldehydes is 1. The Morgan fingerprint density at radius 3 is 2.72 bits per heavy atom. The molecule has 1 N–H and O–H groups in total. The van der Waals surface area contributed by atoms with Crippen molar-refractivity contribution >= 4 is 17.9 Å². The van der Waals surface area contributed by atoms with Crippen LogP contribution in [0.2, 0.25) is 0 Å². The molecule has 1 rings (SSSR count). The molecule has 0 spiro atoms. The van der Waals surface area contributed by atoms with Gasteiger partial charge in [0, 0.05) is 24.3 Å². The van der Waals surface area contributed by atoms with Gasteiger partial charge < -0.3 is 10.2 Å². The SMILES string of the molecule is CCNC(=O)CN(CC)c1ccc(F)cc1C=O. The van der Waals surface area contributed by atoms with Crippen LogP contribution >= 0.6 is 0 Å². The summed E-state index contributed by atoms with van der Waals surface area (Å²) in [6, 6.07) is 3.97. The molecule has 0 aromatic heterocycles. The number of nitrogens with one attached hydrogen (secondary N) is 1. The highest BCUT2D eigenvalue weighted by Crippen LogP contribution is 2.19. The van der Waals surface area contributed by atoms with Crippen LogP contribution in [0.4, 0.5) is 10.1 Å². The Morgan fingerprint density at radius 2 is 2.17 bits per heavy atom. The normalized spacial score (nSPS) is 9.94. The number of carbonyl (C=O) groups is 2. The number of carbonyl (C=O) groups excluding carboxylic acids is 2. The highest BCUT2D eigenvalue weighted by atomic mass is 19.1. The van der Waals surface area contributed by atoms with Gasteiger partial charge in [0.05, 0.1) is 6.54 Å². The number of nitrogens with zero attached hydrogens (tertiary/aromatic N) is 1. The first kappa shape index (κ1) is 14.2. The number of hydrogen-bond acceptors (Lipinski definition) is 3. The Morgan fingerprint density at radius 1 is 1.44 bits per heavy atom. The summed E-state index contributed by atoms with van der Waals surface area (Å²) < 4.78 is 13.0. The van der Waals surface area contributed by atoms with Gasteiger partial charge in [0.2, 0.25) is 5.91 Å². The number of likely N-dealkylation sites (N-methyl/N-ethyl adjacent to an activating group) is 2. The zero-order valence-corrected chi connectivity index (χ0v) is 10.6. The molecule has 0 atom stereocenters. The molecule has 1 aromatic rings. The molecule has 1 aromatic carbocycles. The van der Waals surface area contributed by atoms with E-state index < -0.39 is 5.82 Å². The smallest absolute Gasteiger partial charge is 0.239 e. The molecule has 0 heterocycles. The van der Waals surface area contributed by atoms with Crippen molar-refractivity contribution in [3.8, 4) is 0 Å². The summed E-state index contributed by atoms with van der Waals surface area (Å²) in [4.78, 5) is 24.2. The Kier molecular flexibility index (Phi) is 5.30. The molecular formula is C13H17FN2O2. The van der Waals surface area contributed by atoms with Crippen LogP contribution in [-0.2, 0) is 4.79 Å². The Balaban J connectivity index is 2.94. The van der Waals surface area contributed by atoms with Crippen molar-refractivity contribution in [3.05, 3.63) is 29.6 Å². The number of hydrogen-bond donors (Lipinski definition) is 1. The average molecular weight is 252 g/mol. The first-order valence-corrected chi connectivity index (χ1v) is 5.88. The Hall–Kier alpha value is -1.91. The third-order valence-electron chi connectivity index (χ3n) is 2.55. The first-order chi connectivity index (χ1) is 8.62. The minimum absolute atomic E-state index is 0.125. The molecule has 98 valence electrons. The second-order valence-electron chi connectivity index (χ2n) is 3.79. The van der Waals surface area contributed by atoms with E-state index in [0.29, 0.717) is 25.1 Å². The van der Waals surface area contributed by atoms with Gasteiger partial charge in [-0.2, -0.15) is 0 Å². The van der Waals surface area contributed by atoms with Crippen molar-refractivity contribution in [1.29, 1.82) is 0 Å². The molecule has 5 heteroatoms. The minimum Gasteiger partial charge on any atom is -0.362 e. The van der Waals surface area contributed by atoms with Crippen LogP contribution in [0.5, 0.6) is 0 Å². The van der Waals surface area contributed by atoms with Gasteiger partial charge in [0.1, 0.15) is 5.82 Å². The zero-order valence-electron chi connectivity index (χ0n) is 10.6. The van der Waals surface area contributed by atoms with Gasteiger partial charge in [-0.3, -0.25) is 9.59 Å². The molecular weight excluding hydrogens is 235 g/mol. The van der Waals surface area contributed by atoms with Gasteiger partial charge in [0.15, 0.2) is 6.29 Å². The molecule has 1 amide bonds. The quantitative estimate of drug-likeness (QED) is 0.782. The topological polar surface area (TPSA) is 49.4 Å². The molecule has 0 unspecified atom stereocenters. The minimum atomic E-state index is -0.463. The van der Waals surface area contributed by atoms with E-state index in [4.69, 9.17) is 0 Å². The molecule has 0 fully saturated rings. The lowest BCUT2D eigenvalue weighted by molar-refractivity contribution is -0.119. The Bertz CT molecular complexity index is 435. The largest absolute Gasteiger partial charge is 0.362 e. The van der Waals surface area contributed by atoms with Crippen molar-refractivity contribution in [3.63, 3.8) is 0 Å². The Labute approximate surface area is 106 Å². The lowest BCUT2D eigenvalue weighted by Gasteiger charge is -2.23. The van der Waals surface area contributed by atoms with Gasteiger partial charge in [-0.05, 0) is 32.0 Å². The molecule has 0 aliphatic rings. The summed E-state index contributed by atoms with van der Waals surface area (Å²) in [5.74, 6) is -0.588. The van der Waals surface area contributed by atoms with Gasteiger partial charge in [-0.15, -0.1) is 0 Å². The van der Waals surface area contributed by atoms with Gasteiger partial charge in [0.25, 0.3) is 0 Å². The lowest BCUT2D eigenvalue weighted by Crippen LogP contribution is -2.37. The number of anilines is 1. The third kappa shape index (κ3) is 3.55. The monoisotopic (exact) mass is 252 g/mol. The highest BCUT2D eigenvalue weighted by molar-refractivity contribution is 5.87. The first-order valence-electron chi connectivity index (χ1n) is 5.88. The summed E-state index contributed by atoms with van der Waals surface area (Å²) in [5.41, 5.74) is 0.821. The van der Waals surface area contributed by atoms with Crippen LogP contribution in [0.3, 0.4) is 0 Å². The fourth-order valence-corrected chi connectivity index (χ4v) is 1.70. The number of amides is 1. The van der Waals surface area contributed by atoms with Gasteiger partial charge in [-0.25, -0.2) is 4.39 Å². The van der Waals surface area contributed by atoms with Crippen LogP contribution in [0.25, 0.3) is 0 Å². The van der Waals surface area contributed by atoms with Crippen LogP contribution < -0.4 is 10.2 Å². The van der Waals surface area contributed by atoms with E-state index in [2.05, 4.69) is 5.32 Å². The molecule has 4 nitrogen and oxygen atoms in total. The van der Waals surface area contributed by atoms with E-state index in [1.165, 1.54) is 18.2 Å². The van der Waals surface area contributed by atoms with Crippen LogP contribution in [0.15, 0.2) is 18.2 Å². The fourth-order valence-electron chi connectivity index (χ4n) is 1.70. The van der Waals surface area contributed by atoms with Crippen molar-refractivity contribution in [2.45, 2.75) is 13.8 Å². The maximum absolute atomic E-state index is 13.0. The zero-order chi connectivity index (χ0) is 13.5. The molecule has 0 saturated heterocycles. The maximum atomic E-state index is 13.0. The number of benzene rings is 1. The van der Waals surface area contributed by atoms with Crippen molar-refractivity contribution < 1.29 is 14.0 Å². The lowest BCUT2D eigenvalue weighted by atomic mass is 10.1. The van der Waals surface area contributed by atoms with Gasteiger partial charge >= 0.3 is 0 Å². The van der Waals surface area contributed by atoms with E-state index >= 15 is 0 Å². The average Bonchev–Trinajstić information content (AvgIpc) is 2.36. The van der Waals surface area contributed by atoms with Crippen LogP contribution in [-0.4, -0.2) is 31.8 Å². The predicted octanol–water partition coefficient (Wildman–Crippen LogP) is 1.60. The van der Waals surface area contributed by atoms with E-state index in [1.807, 2.05) is 13.8 Å². The maximum Gasteiger partial charge on any atom is 0.239 e. The molecule has 0 saturated carbocycles. The van der Waals surface area contributed by atoms with Crippen LogP contribution in [0.1, 0.15) is 24.2 Å². The summed E-state index contributed by atoms with van der Waals surface area (Å²) >= 11 is 0. The number of rotatable bonds is 6. The van der Waals surface area contributed by atoms with E-state index in [1.54, 1.807) is 4.90 Å². The second-order valence-corrected chi connectivity index (χ2v) is 3.79. The summed E-state index contributed by atoms with van der Waals surface area (Å²) in [6.07, 6.45) is 0.596. The van der Waals surface area contributed by atoms with E-state index in [-0.39, 0.29) is 18.0 Å². The fraction of sp³-hybridized carbons (Fsp3) is 0.385. The standard InChI is InChI=1S/C13H17FN2O2/c1-3-15-13(18)8-16(4-2)12-6-5-11(14)7-10(12)9-17/h5-7,9H,3-4,8H2,1-2H3,(H,15,18). The van der Waals surface area contributed by atoms with Gasteiger partial charge in [-0.1, -0.05) is 0 Å².